The van der Waals surface area contributed by atoms with E-state index in [1.807, 2.05) is 25.1 Å². The molecule has 1 amide bonds. The van der Waals surface area contributed by atoms with E-state index in [1.54, 1.807) is 31.2 Å². The van der Waals surface area contributed by atoms with Crippen LogP contribution in [-0.2, 0) is 4.79 Å². The standard InChI is InChI=1S/C27H24ClN3O4S2/c1-4-5-11-35-18-8-6-7-16(12-18)22-21(23(32)25-14(2)29-15(3)36-25)24(33)26(34)31(22)27-30-19-10-9-17(28)13-20(19)37-27/h6-10,12-13,22,33H,4-5,11H2,1-3H3. The molecule has 3 heterocycles. The third-order valence-electron chi connectivity index (χ3n) is 6.05. The number of unbranched alkanes of at least 4 members (excludes halogenated alkanes) is 1. The van der Waals surface area contributed by atoms with Crippen molar-refractivity contribution in [2.24, 2.45) is 0 Å². The van der Waals surface area contributed by atoms with Gasteiger partial charge in [-0.1, -0.05) is 48.4 Å². The quantitative estimate of drug-likeness (QED) is 0.187. The van der Waals surface area contributed by atoms with Crippen molar-refractivity contribution in [3.05, 3.63) is 80.0 Å². The van der Waals surface area contributed by atoms with Crippen LogP contribution in [0.3, 0.4) is 0 Å². The number of Topliss-reactive ketones (excluding diaryl/α,β-unsaturated/α-hetero) is 1. The second-order valence-electron chi connectivity index (χ2n) is 8.70. The minimum absolute atomic E-state index is 0.000235. The molecule has 7 nitrogen and oxygen atoms in total. The molecule has 0 bridgehead atoms. The molecule has 4 aromatic rings. The third-order valence-corrected chi connectivity index (χ3v) is 8.37. The molecule has 0 spiro atoms. The van der Waals surface area contributed by atoms with Crippen molar-refractivity contribution in [1.29, 1.82) is 0 Å². The van der Waals surface area contributed by atoms with E-state index in [9.17, 15) is 14.7 Å². The molecule has 37 heavy (non-hydrogen) atoms. The van der Waals surface area contributed by atoms with Crippen LogP contribution in [-0.4, -0.2) is 33.4 Å². The Bertz CT molecular complexity index is 1560. The summed E-state index contributed by atoms with van der Waals surface area (Å²) in [6.45, 7) is 6.20. The summed E-state index contributed by atoms with van der Waals surface area (Å²) in [6.07, 6.45) is 1.90. The second-order valence-corrected chi connectivity index (χ2v) is 11.3. The molecular weight excluding hydrogens is 530 g/mol. The number of aromatic nitrogens is 2. The van der Waals surface area contributed by atoms with E-state index in [1.165, 1.54) is 27.6 Å². The van der Waals surface area contributed by atoms with E-state index in [0.717, 1.165) is 22.5 Å². The summed E-state index contributed by atoms with van der Waals surface area (Å²) >= 11 is 8.68. The summed E-state index contributed by atoms with van der Waals surface area (Å²) in [4.78, 5) is 38.1. The van der Waals surface area contributed by atoms with Crippen LogP contribution in [0.2, 0.25) is 5.02 Å². The molecule has 0 fully saturated rings. The van der Waals surface area contributed by atoms with Crippen molar-refractivity contribution >= 4 is 61.3 Å². The molecule has 5 rings (SSSR count). The van der Waals surface area contributed by atoms with Crippen LogP contribution in [0, 0.1) is 13.8 Å². The van der Waals surface area contributed by atoms with E-state index in [4.69, 9.17) is 16.3 Å². The predicted molar refractivity (Wildman–Crippen MR) is 147 cm³/mol. The summed E-state index contributed by atoms with van der Waals surface area (Å²) in [5.41, 5.74) is 1.86. The number of aryl methyl sites for hydroxylation is 2. The van der Waals surface area contributed by atoms with Gasteiger partial charge in [-0.15, -0.1) is 11.3 Å². The average Bonchev–Trinajstić information content (AvgIpc) is 3.52. The van der Waals surface area contributed by atoms with Crippen LogP contribution in [0.4, 0.5) is 5.13 Å². The van der Waals surface area contributed by atoms with Gasteiger partial charge in [-0.05, 0) is 56.2 Å². The van der Waals surface area contributed by atoms with Crippen LogP contribution in [0.5, 0.6) is 5.75 Å². The molecule has 1 atom stereocenters. The maximum absolute atomic E-state index is 13.8. The van der Waals surface area contributed by atoms with Gasteiger partial charge >= 0.3 is 0 Å². The summed E-state index contributed by atoms with van der Waals surface area (Å²) in [5.74, 6) is -1.08. The third kappa shape index (κ3) is 4.74. The lowest BCUT2D eigenvalue weighted by Crippen LogP contribution is -2.31. The van der Waals surface area contributed by atoms with Crippen molar-refractivity contribution in [1.82, 2.24) is 9.97 Å². The SMILES string of the molecule is CCCCOc1cccc(C2C(C(=O)c3sc(C)nc3C)=C(O)C(=O)N2c2nc3ccc(Cl)cc3s2)c1. The van der Waals surface area contributed by atoms with Gasteiger partial charge in [0.2, 0.25) is 5.78 Å². The smallest absolute Gasteiger partial charge is 0.296 e. The fraction of sp³-hybridized carbons (Fsp3) is 0.259. The van der Waals surface area contributed by atoms with Crippen molar-refractivity contribution < 1.29 is 19.4 Å². The molecule has 0 saturated carbocycles. The first-order valence-electron chi connectivity index (χ1n) is 11.8. The molecule has 2 aromatic heterocycles. The number of ketones is 1. The van der Waals surface area contributed by atoms with E-state index >= 15 is 0 Å². The van der Waals surface area contributed by atoms with Crippen LogP contribution in [0.1, 0.15) is 51.7 Å². The number of hydrogen-bond donors (Lipinski definition) is 1. The number of hydrogen-bond acceptors (Lipinski definition) is 8. The maximum atomic E-state index is 13.8. The Morgan fingerprint density at radius 1 is 1.16 bits per heavy atom. The zero-order valence-corrected chi connectivity index (χ0v) is 22.8. The normalized spacial score (nSPS) is 15.7. The fourth-order valence-corrected chi connectivity index (χ4v) is 6.45. The zero-order valence-electron chi connectivity index (χ0n) is 20.4. The Kier molecular flexibility index (Phi) is 7.02. The summed E-state index contributed by atoms with van der Waals surface area (Å²) in [6, 6.07) is 11.7. The van der Waals surface area contributed by atoms with Crippen LogP contribution in [0.25, 0.3) is 10.2 Å². The topological polar surface area (TPSA) is 92.6 Å². The predicted octanol–water partition coefficient (Wildman–Crippen LogP) is 6.98. The highest BCUT2D eigenvalue weighted by atomic mass is 35.5. The van der Waals surface area contributed by atoms with Gasteiger partial charge in [0.15, 0.2) is 10.9 Å². The number of amides is 1. The Morgan fingerprint density at radius 2 is 1.97 bits per heavy atom. The van der Waals surface area contributed by atoms with Crippen LogP contribution < -0.4 is 9.64 Å². The fourth-order valence-electron chi connectivity index (χ4n) is 4.31. The lowest BCUT2D eigenvalue weighted by molar-refractivity contribution is -0.117. The van der Waals surface area contributed by atoms with Gasteiger partial charge in [0, 0.05) is 5.02 Å². The van der Waals surface area contributed by atoms with Crippen LogP contribution >= 0.6 is 34.3 Å². The number of ether oxygens (including phenoxy) is 1. The largest absolute Gasteiger partial charge is 0.503 e. The lowest BCUT2D eigenvalue weighted by atomic mass is 9.95. The van der Waals surface area contributed by atoms with E-state index in [2.05, 4.69) is 16.9 Å². The number of thiazole rings is 2. The first-order chi connectivity index (χ1) is 17.8. The van der Waals surface area contributed by atoms with Crippen molar-refractivity contribution in [3.8, 4) is 5.75 Å². The van der Waals surface area contributed by atoms with Gasteiger partial charge in [-0.25, -0.2) is 9.97 Å². The number of rotatable bonds is 8. The van der Waals surface area contributed by atoms with Crippen LogP contribution in [0.15, 0.2) is 53.8 Å². The maximum Gasteiger partial charge on any atom is 0.296 e. The van der Waals surface area contributed by atoms with Crippen molar-refractivity contribution in [2.75, 3.05) is 11.5 Å². The Hall–Kier alpha value is -3.27. The summed E-state index contributed by atoms with van der Waals surface area (Å²) in [7, 11) is 0. The molecule has 1 aliphatic heterocycles. The first-order valence-corrected chi connectivity index (χ1v) is 13.8. The molecule has 1 N–H and O–H groups in total. The average molecular weight is 554 g/mol. The van der Waals surface area contributed by atoms with Gasteiger partial charge in [0.1, 0.15) is 5.75 Å². The molecule has 0 radical (unpaired) electrons. The number of aliphatic hydroxyl groups excluding tert-OH is 1. The Balaban J connectivity index is 1.64. The van der Waals surface area contributed by atoms with Crippen molar-refractivity contribution in [2.45, 2.75) is 39.7 Å². The Morgan fingerprint density at radius 3 is 2.70 bits per heavy atom. The van der Waals surface area contributed by atoms with Gasteiger partial charge in [-0.2, -0.15) is 0 Å². The molecule has 1 unspecified atom stereocenters. The molecular formula is C27H24ClN3O4S2. The van der Waals surface area contributed by atoms with E-state index in [0.29, 0.717) is 44.2 Å². The van der Waals surface area contributed by atoms with E-state index < -0.39 is 23.5 Å². The molecule has 2 aromatic carbocycles. The van der Waals surface area contributed by atoms with Crippen molar-refractivity contribution in [3.63, 3.8) is 0 Å². The second kappa shape index (κ2) is 10.2. The summed E-state index contributed by atoms with van der Waals surface area (Å²) < 4.78 is 6.69. The van der Waals surface area contributed by atoms with E-state index in [-0.39, 0.29) is 5.57 Å². The van der Waals surface area contributed by atoms with Gasteiger partial charge < -0.3 is 9.84 Å². The lowest BCUT2D eigenvalue weighted by Gasteiger charge is -2.24. The number of carbonyl (C=O) groups excluding carboxylic acids is 2. The highest BCUT2D eigenvalue weighted by Gasteiger charge is 2.46. The number of halogens is 1. The molecule has 190 valence electrons. The number of nitrogens with zero attached hydrogens (tertiary/aromatic N) is 3. The number of fused-ring (bicyclic) bond motifs is 1. The van der Waals surface area contributed by atoms with Gasteiger partial charge in [-0.3, -0.25) is 14.5 Å². The molecule has 1 aliphatic rings. The zero-order chi connectivity index (χ0) is 26.3. The highest BCUT2D eigenvalue weighted by molar-refractivity contribution is 7.22. The van der Waals surface area contributed by atoms with Gasteiger partial charge in [0.25, 0.3) is 5.91 Å². The first kappa shape index (κ1) is 25.4. The number of anilines is 1. The molecule has 10 heteroatoms. The Labute approximate surface area is 227 Å². The molecule has 0 saturated heterocycles. The number of carbonyl (C=O) groups is 2. The summed E-state index contributed by atoms with van der Waals surface area (Å²) in [5, 5.41) is 12.7. The molecule has 0 aliphatic carbocycles. The minimum Gasteiger partial charge on any atom is -0.503 e. The van der Waals surface area contributed by atoms with Gasteiger partial charge in [0.05, 0.1) is 44.0 Å². The monoisotopic (exact) mass is 553 g/mol. The number of benzene rings is 2. The number of aliphatic hydroxyl groups is 1. The minimum atomic E-state index is -0.896. The highest BCUT2D eigenvalue weighted by Crippen LogP contribution is 2.45.